The molecule has 1 heterocycles. The molecular weight excluding hydrogens is 310 g/mol. The van der Waals surface area contributed by atoms with Crippen LogP contribution in [-0.2, 0) is 14.8 Å². The van der Waals surface area contributed by atoms with Crippen molar-refractivity contribution in [3.63, 3.8) is 0 Å². The molecular formula is C14H15NO4S2. The molecule has 0 aliphatic heterocycles. The molecule has 112 valence electrons. The molecule has 0 aliphatic rings. The Morgan fingerprint density at radius 3 is 2.48 bits per heavy atom. The van der Waals surface area contributed by atoms with Crippen molar-refractivity contribution >= 4 is 27.3 Å². The number of sulfonamides is 1. The minimum atomic E-state index is -3.64. The SMILES string of the molecule is O=C(O)CCC(NS(=O)(=O)c1cccs1)c1ccccc1. The zero-order chi connectivity index (χ0) is 15.3. The Labute approximate surface area is 127 Å². The first kappa shape index (κ1) is 15.7. The quantitative estimate of drug-likeness (QED) is 0.819. The minimum absolute atomic E-state index is 0.105. The van der Waals surface area contributed by atoms with Gasteiger partial charge in [0.15, 0.2) is 0 Å². The topological polar surface area (TPSA) is 83.5 Å². The first-order chi connectivity index (χ1) is 9.99. The van der Waals surface area contributed by atoms with Gasteiger partial charge in [-0.1, -0.05) is 36.4 Å². The van der Waals surface area contributed by atoms with Gasteiger partial charge in [0.1, 0.15) is 4.21 Å². The van der Waals surface area contributed by atoms with Crippen LogP contribution in [0.1, 0.15) is 24.4 Å². The maximum absolute atomic E-state index is 12.3. The standard InChI is InChI=1S/C14H15NO4S2/c16-13(17)9-8-12(11-5-2-1-3-6-11)15-21(18,19)14-7-4-10-20-14/h1-7,10,12,15H,8-9H2,(H,16,17). The van der Waals surface area contributed by atoms with Crippen molar-refractivity contribution in [2.24, 2.45) is 0 Å². The van der Waals surface area contributed by atoms with Gasteiger partial charge in [0.2, 0.25) is 0 Å². The van der Waals surface area contributed by atoms with E-state index in [0.29, 0.717) is 0 Å². The fourth-order valence-corrected chi connectivity index (χ4v) is 4.18. The number of carboxylic acids is 1. The molecule has 0 saturated carbocycles. The first-order valence-electron chi connectivity index (χ1n) is 6.31. The third kappa shape index (κ3) is 4.38. The maximum atomic E-state index is 12.3. The summed E-state index contributed by atoms with van der Waals surface area (Å²) >= 11 is 1.12. The highest BCUT2D eigenvalue weighted by Gasteiger charge is 2.22. The van der Waals surface area contributed by atoms with Gasteiger partial charge in [-0.3, -0.25) is 4.79 Å². The average Bonchev–Trinajstić information content (AvgIpc) is 2.99. The summed E-state index contributed by atoms with van der Waals surface area (Å²) in [6, 6.07) is 11.6. The van der Waals surface area contributed by atoms with E-state index in [1.54, 1.807) is 35.7 Å². The zero-order valence-corrected chi connectivity index (χ0v) is 12.7. The monoisotopic (exact) mass is 325 g/mol. The van der Waals surface area contributed by atoms with Crippen LogP contribution in [0.4, 0.5) is 0 Å². The fourth-order valence-electron chi connectivity index (χ4n) is 1.91. The lowest BCUT2D eigenvalue weighted by Crippen LogP contribution is -2.28. The Morgan fingerprint density at radius 2 is 1.90 bits per heavy atom. The normalized spacial score (nSPS) is 13.0. The summed E-state index contributed by atoms with van der Waals surface area (Å²) in [5.74, 6) is -0.953. The van der Waals surface area contributed by atoms with Gasteiger partial charge in [-0.15, -0.1) is 11.3 Å². The van der Waals surface area contributed by atoms with E-state index in [1.807, 2.05) is 6.07 Å². The van der Waals surface area contributed by atoms with E-state index in [2.05, 4.69) is 4.72 Å². The van der Waals surface area contributed by atoms with Gasteiger partial charge in [0.05, 0.1) is 0 Å². The number of nitrogens with one attached hydrogen (secondary N) is 1. The molecule has 1 aromatic heterocycles. The van der Waals surface area contributed by atoms with Crippen LogP contribution in [0.3, 0.4) is 0 Å². The Bertz CT molecular complexity index is 681. The Balaban J connectivity index is 2.22. The fraction of sp³-hybridized carbons (Fsp3) is 0.214. The molecule has 0 bridgehead atoms. The summed E-state index contributed by atoms with van der Waals surface area (Å²) in [5.41, 5.74) is 0.749. The van der Waals surface area contributed by atoms with Crippen molar-refractivity contribution in [1.82, 2.24) is 4.72 Å². The van der Waals surface area contributed by atoms with E-state index >= 15 is 0 Å². The van der Waals surface area contributed by atoms with E-state index in [-0.39, 0.29) is 17.1 Å². The van der Waals surface area contributed by atoms with Crippen LogP contribution in [-0.4, -0.2) is 19.5 Å². The van der Waals surface area contributed by atoms with Crippen LogP contribution in [0.5, 0.6) is 0 Å². The molecule has 1 atom stereocenters. The lowest BCUT2D eigenvalue weighted by atomic mass is 10.0. The van der Waals surface area contributed by atoms with Gasteiger partial charge in [0, 0.05) is 12.5 Å². The number of hydrogen-bond donors (Lipinski definition) is 2. The third-order valence-electron chi connectivity index (χ3n) is 2.91. The number of hydrogen-bond acceptors (Lipinski definition) is 4. The van der Waals surface area contributed by atoms with E-state index < -0.39 is 22.0 Å². The summed E-state index contributed by atoms with van der Waals surface area (Å²) in [5, 5.41) is 10.5. The summed E-state index contributed by atoms with van der Waals surface area (Å²) in [6.45, 7) is 0. The summed E-state index contributed by atoms with van der Waals surface area (Å²) in [4.78, 5) is 10.8. The molecule has 0 amide bonds. The Morgan fingerprint density at radius 1 is 1.19 bits per heavy atom. The van der Waals surface area contributed by atoms with Crippen molar-refractivity contribution in [3.05, 3.63) is 53.4 Å². The molecule has 1 aromatic carbocycles. The van der Waals surface area contributed by atoms with Crippen LogP contribution in [0, 0.1) is 0 Å². The maximum Gasteiger partial charge on any atom is 0.303 e. The van der Waals surface area contributed by atoms with Crippen LogP contribution in [0.15, 0.2) is 52.1 Å². The molecule has 2 aromatic rings. The molecule has 0 fully saturated rings. The van der Waals surface area contributed by atoms with Crippen molar-refractivity contribution < 1.29 is 18.3 Å². The summed E-state index contributed by atoms with van der Waals surface area (Å²) in [7, 11) is -3.64. The predicted octanol–water partition coefficient (Wildman–Crippen LogP) is 2.63. The molecule has 0 radical (unpaired) electrons. The number of benzene rings is 1. The molecule has 0 aliphatic carbocycles. The molecule has 1 unspecified atom stereocenters. The molecule has 5 nitrogen and oxygen atoms in total. The van der Waals surface area contributed by atoms with E-state index in [1.165, 1.54) is 6.07 Å². The molecule has 21 heavy (non-hydrogen) atoms. The smallest absolute Gasteiger partial charge is 0.303 e. The Hall–Kier alpha value is -1.70. The number of carbonyl (C=O) groups is 1. The second kappa shape index (κ2) is 6.84. The molecule has 2 rings (SSSR count). The molecule has 7 heteroatoms. The van der Waals surface area contributed by atoms with Gasteiger partial charge in [-0.2, -0.15) is 0 Å². The van der Waals surface area contributed by atoms with Crippen LogP contribution in [0.25, 0.3) is 0 Å². The number of carboxylic acid groups (broad SMARTS) is 1. The van der Waals surface area contributed by atoms with Crippen LogP contribution < -0.4 is 4.72 Å². The predicted molar refractivity (Wildman–Crippen MR) is 80.7 cm³/mol. The summed E-state index contributed by atoms with van der Waals surface area (Å²) in [6.07, 6.45) is 0.0937. The largest absolute Gasteiger partial charge is 0.481 e. The van der Waals surface area contributed by atoms with E-state index in [4.69, 9.17) is 5.11 Å². The van der Waals surface area contributed by atoms with Gasteiger partial charge < -0.3 is 5.11 Å². The highest BCUT2D eigenvalue weighted by atomic mass is 32.2. The van der Waals surface area contributed by atoms with Crippen LogP contribution >= 0.6 is 11.3 Å². The molecule has 0 saturated heterocycles. The van der Waals surface area contributed by atoms with Gasteiger partial charge in [-0.05, 0) is 23.4 Å². The van der Waals surface area contributed by atoms with E-state index in [0.717, 1.165) is 16.9 Å². The zero-order valence-electron chi connectivity index (χ0n) is 11.1. The lowest BCUT2D eigenvalue weighted by molar-refractivity contribution is -0.137. The van der Waals surface area contributed by atoms with E-state index in [9.17, 15) is 13.2 Å². The van der Waals surface area contributed by atoms with Gasteiger partial charge in [0.25, 0.3) is 10.0 Å². The van der Waals surface area contributed by atoms with Crippen molar-refractivity contribution in [3.8, 4) is 0 Å². The number of aliphatic carboxylic acids is 1. The van der Waals surface area contributed by atoms with Crippen molar-refractivity contribution in [2.75, 3.05) is 0 Å². The lowest BCUT2D eigenvalue weighted by Gasteiger charge is -2.18. The van der Waals surface area contributed by atoms with Crippen molar-refractivity contribution in [1.29, 1.82) is 0 Å². The Kier molecular flexibility index (Phi) is 5.11. The summed E-state index contributed by atoms with van der Waals surface area (Å²) < 4.78 is 27.4. The first-order valence-corrected chi connectivity index (χ1v) is 8.68. The van der Waals surface area contributed by atoms with Crippen molar-refractivity contribution in [2.45, 2.75) is 23.1 Å². The average molecular weight is 325 g/mol. The second-order valence-corrected chi connectivity index (χ2v) is 7.34. The number of rotatable bonds is 7. The minimum Gasteiger partial charge on any atom is -0.481 e. The molecule has 0 spiro atoms. The van der Waals surface area contributed by atoms with Crippen LogP contribution in [0.2, 0.25) is 0 Å². The second-order valence-electron chi connectivity index (χ2n) is 4.45. The number of thiophene rings is 1. The van der Waals surface area contributed by atoms with Gasteiger partial charge >= 0.3 is 5.97 Å². The molecule has 2 N–H and O–H groups in total. The highest BCUT2D eigenvalue weighted by Crippen LogP contribution is 2.23. The highest BCUT2D eigenvalue weighted by molar-refractivity contribution is 7.91. The van der Waals surface area contributed by atoms with Gasteiger partial charge in [-0.25, -0.2) is 13.1 Å². The third-order valence-corrected chi connectivity index (χ3v) is 5.78.